The third kappa shape index (κ3) is 2.60. The summed E-state index contributed by atoms with van der Waals surface area (Å²) in [4.78, 5) is 2.11. The van der Waals surface area contributed by atoms with Gasteiger partial charge in [0.25, 0.3) is 0 Å². The first kappa shape index (κ1) is 14.9. The summed E-state index contributed by atoms with van der Waals surface area (Å²) in [6, 6.07) is 14.4. The fraction of sp³-hybridized carbons (Fsp3) is 0.125. The number of rotatable bonds is 2. The Balaban J connectivity index is 2.22. The van der Waals surface area contributed by atoms with Gasteiger partial charge in [-0.05, 0) is 36.4 Å². The van der Waals surface area contributed by atoms with Gasteiger partial charge in [0.1, 0.15) is 5.15 Å². The summed E-state index contributed by atoms with van der Waals surface area (Å²) in [7, 11) is 4.01. The summed E-state index contributed by atoms with van der Waals surface area (Å²) in [6.45, 7) is 0. The van der Waals surface area contributed by atoms with E-state index in [9.17, 15) is 0 Å². The smallest absolute Gasteiger partial charge is 0.133 e. The van der Waals surface area contributed by atoms with Crippen LogP contribution in [-0.4, -0.2) is 11.6 Å². The minimum atomic E-state index is 0.727. The Labute approximate surface area is 145 Å². The highest BCUT2D eigenvalue weighted by molar-refractivity contribution is 9.10. The molecule has 2 nitrogen and oxygen atoms in total. The van der Waals surface area contributed by atoms with Gasteiger partial charge < -0.3 is 9.47 Å². The van der Waals surface area contributed by atoms with Crippen LogP contribution in [0.5, 0.6) is 0 Å². The van der Waals surface area contributed by atoms with Crippen LogP contribution in [0.25, 0.3) is 10.9 Å². The molecule has 0 spiro atoms. The Kier molecular flexibility index (Phi) is 4.04. The van der Waals surface area contributed by atoms with Gasteiger partial charge in [-0.1, -0.05) is 49.5 Å². The summed E-state index contributed by atoms with van der Waals surface area (Å²) in [5, 5.41) is 1.86. The van der Waals surface area contributed by atoms with Crippen molar-refractivity contribution in [2.75, 3.05) is 11.9 Å². The predicted octanol–water partition coefficient (Wildman–Crippen LogP) is 6.12. The molecular weight excluding hydrogens is 415 g/mol. The van der Waals surface area contributed by atoms with Gasteiger partial charge in [0, 0.05) is 34.1 Å². The molecule has 2 aromatic carbocycles. The van der Waals surface area contributed by atoms with E-state index in [0.717, 1.165) is 36.4 Å². The molecule has 1 aromatic heterocycles. The third-order valence-corrected chi connectivity index (χ3v) is 5.02. The van der Waals surface area contributed by atoms with Crippen LogP contribution in [-0.2, 0) is 7.05 Å². The maximum atomic E-state index is 6.57. The molecule has 108 valence electrons. The van der Waals surface area contributed by atoms with Crippen molar-refractivity contribution in [2.24, 2.45) is 7.05 Å². The van der Waals surface area contributed by atoms with Gasteiger partial charge in [-0.2, -0.15) is 0 Å². The van der Waals surface area contributed by atoms with Gasteiger partial charge in [0.2, 0.25) is 0 Å². The van der Waals surface area contributed by atoms with Crippen molar-refractivity contribution in [3.05, 3.63) is 56.6 Å². The molecule has 0 atom stereocenters. The molecule has 0 aliphatic rings. The monoisotopic (exact) mass is 426 g/mol. The molecule has 0 aliphatic heterocycles. The first-order chi connectivity index (χ1) is 9.99. The van der Waals surface area contributed by atoms with E-state index >= 15 is 0 Å². The van der Waals surface area contributed by atoms with Crippen molar-refractivity contribution in [3.63, 3.8) is 0 Å². The molecule has 3 rings (SSSR count). The van der Waals surface area contributed by atoms with E-state index in [1.54, 1.807) is 0 Å². The molecule has 0 radical (unpaired) electrons. The molecule has 0 bridgehead atoms. The normalized spacial score (nSPS) is 11.1. The highest BCUT2D eigenvalue weighted by Gasteiger charge is 2.18. The molecule has 0 unspecified atom stereocenters. The molecule has 0 aliphatic carbocycles. The van der Waals surface area contributed by atoms with Crippen molar-refractivity contribution >= 4 is 65.7 Å². The lowest BCUT2D eigenvalue weighted by atomic mass is 10.2. The van der Waals surface area contributed by atoms with Gasteiger partial charge in [-0.15, -0.1) is 0 Å². The zero-order valence-electron chi connectivity index (χ0n) is 11.6. The van der Waals surface area contributed by atoms with Crippen LogP contribution in [0.15, 0.2) is 51.4 Å². The van der Waals surface area contributed by atoms with Crippen LogP contribution in [0.2, 0.25) is 5.15 Å². The third-order valence-electron chi connectivity index (χ3n) is 3.60. The zero-order valence-corrected chi connectivity index (χ0v) is 15.5. The number of hydrogen-bond donors (Lipinski definition) is 0. The number of hydrogen-bond acceptors (Lipinski definition) is 1. The average Bonchev–Trinajstić information content (AvgIpc) is 2.70. The number of nitrogens with zero attached hydrogens (tertiary/aromatic N) is 2. The lowest BCUT2D eigenvalue weighted by molar-refractivity contribution is 0.966. The summed E-state index contributed by atoms with van der Waals surface area (Å²) in [5.74, 6) is 0. The Morgan fingerprint density at radius 3 is 2.48 bits per heavy atom. The summed E-state index contributed by atoms with van der Waals surface area (Å²) >= 11 is 13.6. The second-order valence-corrected chi connectivity index (χ2v) is 7.09. The van der Waals surface area contributed by atoms with Crippen molar-refractivity contribution in [3.8, 4) is 0 Å². The lowest BCUT2D eigenvalue weighted by Gasteiger charge is -2.19. The first-order valence-corrected chi connectivity index (χ1v) is 8.38. The van der Waals surface area contributed by atoms with Gasteiger partial charge in [0.05, 0.1) is 11.2 Å². The highest BCUT2D eigenvalue weighted by atomic mass is 79.9. The molecule has 0 saturated heterocycles. The molecule has 0 amide bonds. The summed E-state index contributed by atoms with van der Waals surface area (Å²) in [6.07, 6.45) is 0. The maximum Gasteiger partial charge on any atom is 0.133 e. The number of fused-ring (bicyclic) bond motifs is 1. The molecule has 5 heteroatoms. The largest absolute Gasteiger partial charge is 0.342 e. The van der Waals surface area contributed by atoms with Crippen molar-refractivity contribution in [1.82, 2.24) is 4.57 Å². The zero-order chi connectivity index (χ0) is 15.1. The number of aryl methyl sites for hydroxylation is 1. The number of benzene rings is 2. The van der Waals surface area contributed by atoms with E-state index in [4.69, 9.17) is 11.6 Å². The highest BCUT2D eigenvalue weighted by Crippen LogP contribution is 2.40. The second-order valence-electron chi connectivity index (χ2n) is 4.90. The van der Waals surface area contributed by atoms with Crippen LogP contribution in [0, 0.1) is 0 Å². The van der Waals surface area contributed by atoms with E-state index in [0.29, 0.717) is 0 Å². The Bertz CT molecular complexity index is 827. The standard InChI is InChI=1S/C16H13Br2ClN2/c1-20(12-5-3-4-10(17)8-12)15-13-7-6-11(18)9-14(13)21(2)16(15)19/h3-9H,1-2H3. The van der Waals surface area contributed by atoms with Gasteiger partial charge in [-0.25, -0.2) is 0 Å². The van der Waals surface area contributed by atoms with Crippen LogP contribution in [0.4, 0.5) is 11.4 Å². The van der Waals surface area contributed by atoms with Crippen molar-refractivity contribution < 1.29 is 0 Å². The van der Waals surface area contributed by atoms with E-state index in [1.807, 2.05) is 36.9 Å². The van der Waals surface area contributed by atoms with Crippen LogP contribution in [0.1, 0.15) is 0 Å². The van der Waals surface area contributed by atoms with Crippen molar-refractivity contribution in [1.29, 1.82) is 0 Å². The summed E-state index contributed by atoms with van der Waals surface area (Å²) < 4.78 is 4.10. The SMILES string of the molecule is CN(c1cccc(Br)c1)c1c(Cl)n(C)c2cc(Br)ccc12. The van der Waals surface area contributed by atoms with E-state index in [-0.39, 0.29) is 0 Å². The number of aromatic nitrogens is 1. The fourth-order valence-corrected chi connectivity index (χ4v) is 3.55. The van der Waals surface area contributed by atoms with E-state index in [1.165, 1.54) is 0 Å². The number of halogens is 3. The molecular formula is C16H13Br2ClN2. The minimum absolute atomic E-state index is 0.727. The van der Waals surface area contributed by atoms with Gasteiger partial charge >= 0.3 is 0 Å². The van der Waals surface area contributed by atoms with Crippen LogP contribution >= 0.6 is 43.5 Å². The minimum Gasteiger partial charge on any atom is -0.342 e. The molecule has 21 heavy (non-hydrogen) atoms. The molecule has 0 N–H and O–H groups in total. The van der Waals surface area contributed by atoms with E-state index < -0.39 is 0 Å². The van der Waals surface area contributed by atoms with Crippen molar-refractivity contribution in [2.45, 2.75) is 0 Å². The summed E-state index contributed by atoms with van der Waals surface area (Å²) in [5.41, 5.74) is 3.20. The molecule has 0 saturated carbocycles. The molecule has 0 fully saturated rings. The lowest BCUT2D eigenvalue weighted by Crippen LogP contribution is -2.09. The fourth-order valence-electron chi connectivity index (χ4n) is 2.49. The molecule has 3 aromatic rings. The van der Waals surface area contributed by atoms with Gasteiger partial charge in [0.15, 0.2) is 0 Å². The van der Waals surface area contributed by atoms with E-state index in [2.05, 4.69) is 61.0 Å². The second kappa shape index (κ2) is 5.67. The first-order valence-electron chi connectivity index (χ1n) is 6.42. The topological polar surface area (TPSA) is 8.17 Å². The Hall–Kier alpha value is -0.970. The Morgan fingerprint density at radius 2 is 1.76 bits per heavy atom. The molecule has 1 heterocycles. The van der Waals surface area contributed by atoms with Gasteiger partial charge in [-0.3, -0.25) is 0 Å². The van der Waals surface area contributed by atoms with Crippen LogP contribution in [0.3, 0.4) is 0 Å². The van der Waals surface area contributed by atoms with Crippen LogP contribution < -0.4 is 4.90 Å². The predicted molar refractivity (Wildman–Crippen MR) is 97.8 cm³/mol. The maximum absolute atomic E-state index is 6.57. The quantitative estimate of drug-likeness (QED) is 0.477. The number of anilines is 2. The Morgan fingerprint density at radius 1 is 1.05 bits per heavy atom. The average molecular weight is 429 g/mol.